The van der Waals surface area contributed by atoms with Crippen LogP contribution in [0.1, 0.15) is 32.8 Å². The Morgan fingerprint density at radius 1 is 1.37 bits per heavy atom. The van der Waals surface area contributed by atoms with Gasteiger partial charge in [0.1, 0.15) is 17.2 Å². The third kappa shape index (κ3) is 2.67. The Hall–Kier alpha value is -2.10. The molecular weight excluding hydrogens is 238 g/mol. The van der Waals surface area contributed by atoms with Crippen LogP contribution in [0.3, 0.4) is 0 Å². The first-order chi connectivity index (χ1) is 8.94. The van der Waals surface area contributed by atoms with E-state index in [1.165, 1.54) is 0 Å². The minimum Gasteiger partial charge on any atom is -0.486 e. The standard InChI is InChI=1S/C15H19N3O/c1-4-15(2,3)19-13-10-7-5-6-8-12(10)18-9-11(13)14(16)17/h5-9H,4H2,1-3H3,(H3,16,17). The Bertz CT molecular complexity index is 620. The molecule has 1 aromatic carbocycles. The van der Waals surface area contributed by atoms with Crippen molar-refractivity contribution in [2.75, 3.05) is 0 Å². The molecule has 100 valence electrons. The van der Waals surface area contributed by atoms with Crippen molar-refractivity contribution >= 4 is 16.7 Å². The van der Waals surface area contributed by atoms with Gasteiger partial charge in [-0.25, -0.2) is 0 Å². The van der Waals surface area contributed by atoms with Crippen LogP contribution in [-0.2, 0) is 0 Å². The summed E-state index contributed by atoms with van der Waals surface area (Å²) in [5.74, 6) is 0.616. The fourth-order valence-corrected chi connectivity index (χ4v) is 1.77. The molecule has 0 atom stereocenters. The molecule has 19 heavy (non-hydrogen) atoms. The molecule has 0 spiro atoms. The monoisotopic (exact) mass is 257 g/mol. The van der Waals surface area contributed by atoms with Crippen LogP contribution in [0.4, 0.5) is 0 Å². The molecule has 0 saturated heterocycles. The van der Waals surface area contributed by atoms with Crippen LogP contribution in [0.15, 0.2) is 30.5 Å². The molecule has 0 bridgehead atoms. The molecule has 4 nitrogen and oxygen atoms in total. The fourth-order valence-electron chi connectivity index (χ4n) is 1.77. The number of nitrogen functional groups attached to an aromatic ring is 1. The van der Waals surface area contributed by atoms with Gasteiger partial charge in [-0.2, -0.15) is 0 Å². The highest BCUT2D eigenvalue weighted by atomic mass is 16.5. The van der Waals surface area contributed by atoms with Gasteiger partial charge in [0.05, 0.1) is 11.1 Å². The van der Waals surface area contributed by atoms with Crippen molar-refractivity contribution in [2.45, 2.75) is 32.8 Å². The summed E-state index contributed by atoms with van der Waals surface area (Å²) < 4.78 is 6.10. The highest BCUT2D eigenvalue weighted by molar-refractivity contribution is 6.02. The lowest BCUT2D eigenvalue weighted by atomic mass is 10.1. The van der Waals surface area contributed by atoms with Crippen molar-refractivity contribution < 1.29 is 4.74 Å². The van der Waals surface area contributed by atoms with E-state index in [-0.39, 0.29) is 11.4 Å². The third-order valence-corrected chi connectivity index (χ3v) is 3.25. The lowest BCUT2D eigenvalue weighted by Crippen LogP contribution is -2.28. The van der Waals surface area contributed by atoms with E-state index in [4.69, 9.17) is 15.9 Å². The third-order valence-electron chi connectivity index (χ3n) is 3.25. The summed E-state index contributed by atoms with van der Waals surface area (Å²) in [6.45, 7) is 6.11. The van der Waals surface area contributed by atoms with Crippen LogP contribution in [0.25, 0.3) is 10.9 Å². The quantitative estimate of drug-likeness (QED) is 0.653. The normalized spacial score (nSPS) is 11.5. The van der Waals surface area contributed by atoms with Crippen molar-refractivity contribution in [3.05, 3.63) is 36.0 Å². The summed E-state index contributed by atoms with van der Waals surface area (Å²) in [4.78, 5) is 4.32. The predicted octanol–water partition coefficient (Wildman–Crippen LogP) is 3.09. The average molecular weight is 257 g/mol. The maximum Gasteiger partial charge on any atom is 0.141 e. The molecule has 0 fully saturated rings. The Labute approximate surface area is 113 Å². The number of rotatable bonds is 4. The summed E-state index contributed by atoms with van der Waals surface area (Å²) in [6, 6.07) is 7.72. The molecule has 4 heteroatoms. The maximum atomic E-state index is 7.67. The van der Waals surface area contributed by atoms with Crippen molar-refractivity contribution in [3.63, 3.8) is 0 Å². The highest BCUT2D eigenvalue weighted by Crippen LogP contribution is 2.31. The molecule has 2 aromatic rings. The molecule has 1 aromatic heterocycles. The van der Waals surface area contributed by atoms with Gasteiger partial charge in [-0.3, -0.25) is 10.4 Å². The van der Waals surface area contributed by atoms with Crippen molar-refractivity contribution in [1.29, 1.82) is 5.41 Å². The Kier molecular flexibility index (Phi) is 3.42. The molecule has 0 aliphatic rings. The van der Waals surface area contributed by atoms with Gasteiger partial charge in [-0.15, -0.1) is 0 Å². The van der Waals surface area contributed by atoms with Gasteiger partial charge < -0.3 is 10.5 Å². The molecule has 0 amide bonds. The first kappa shape index (κ1) is 13.3. The van der Waals surface area contributed by atoms with E-state index >= 15 is 0 Å². The lowest BCUT2D eigenvalue weighted by molar-refractivity contribution is 0.107. The van der Waals surface area contributed by atoms with Crippen LogP contribution >= 0.6 is 0 Å². The molecule has 1 heterocycles. The summed E-state index contributed by atoms with van der Waals surface area (Å²) in [5.41, 5.74) is 6.70. The predicted molar refractivity (Wildman–Crippen MR) is 77.8 cm³/mol. The van der Waals surface area contributed by atoms with Gasteiger partial charge in [0, 0.05) is 11.6 Å². The number of benzene rings is 1. The SMILES string of the molecule is CCC(C)(C)Oc1c(C(=N)N)cnc2ccccc12. The summed E-state index contributed by atoms with van der Waals surface area (Å²) in [7, 11) is 0. The average Bonchev–Trinajstić information content (AvgIpc) is 2.38. The topological polar surface area (TPSA) is 72.0 Å². The number of fused-ring (bicyclic) bond motifs is 1. The zero-order chi connectivity index (χ0) is 14.0. The number of amidine groups is 1. The van der Waals surface area contributed by atoms with Gasteiger partial charge in [0.15, 0.2) is 0 Å². The number of nitrogens with one attached hydrogen (secondary N) is 1. The largest absolute Gasteiger partial charge is 0.486 e. The highest BCUT2D eigenvalue weighted by Gasteiger charge is 2.21. The molecule has 0 unspecified atom stereocenters. The second kappa shape index (κ2) is 4.88. The van der Waals surface area contributed by atoms with Crippen LogP contribution in [-0.4, -0.2) is 16.4 Å². The molecular formula is C15H19N3O. The van der Waals surface area contributed by atoms with Crippen LogP contribution < -0.4 is 10.5 Å². The second-order valence-electron chi connectivity index (χ2n) is 5.15. The number of para-hydroxylation sites is 1. The van der Waals surface area contributed by atoms with Crippen molar-refractivity contribution in [2.24, 2.45) is 5.73 Å². The zero-order valence-corrected chi connectivity index (χ0v) is 11.5. The summed E-state index contributed by atoms with van der Waals surface area (Å²) in [5, 5.41) is 8.56. The van der Waals surface area contributed by atoms with E-state index in [1.807, 2.05) is 38.1 Å². The second-order valence-corrected chi connectivity index (χ2v) is 5.15. The Morgan fingerprint density at radius 3 is 2.68 bits per heavy atom. The Balaban J connectivity index is 2.66. The number of pyridine rings is 1. The molecule has 2 rings (SSSR count). The van der Waals surface area contributed by atoms with Gasteiger partial charge in [-0.1, -0.05) is 19.1 Å². The minimum atomic E-state index is -0.311. The first-order valence-electron chi connectivity index (χ1n) is 6.36. The molecule has 0 aliphatic heterocycles. The van der Waals surface area contributed by atoms with E-state index in [1.54, 1.807) is 6.20 Å². The van der Waals surface area contributed by atoms with E-state index in [2.05, 4.69) is 11.9 Å². The van der Waals surface area contributed by atoms with Crippen molar-refractivity contribution in [3.8, 4) is 5.75 Å². The summed E-state index contributed by atoms with van der Waals surface area (Å²) >= 11 is 0. The number of hydrogen-bond donors (Lipinski definition) is 2. The number of aromatic nitrogens is 1. The molecule has 0 saturated carbocycles. The van der Waals surface area contributed by atoms with Crippen molar-refractivity contribution in [1.82, 2.24) is 4.98 Å². The van der Waals surface area contributed by atoms with Crippen LogP contribution in [0, 0.1) is 5.41 Å². The lowest BCUT2D eigenvalue weighted by Gasteiger charge is -2.27. The Morgan fingerprint density at radius 2 is 2.05 bits per heavy atom. The number of ether oxygens (including phenoxy) is 1. The van der Waals surface area contributed by atoms with Crippen LogP contribution in [0.2, 0.25) is 0 Å². The molecule has 0 radical (unpaired) electrons. The van der Waals surface area contributed by atoms with E-state index in [9.17, 15) is 0 Å². The van der Waals surface area contributed by atoms with E-state index in [0.29, 0.717) is 11.3 Å². The summed E-state index contributed by atoms with van der Waals surface area (Å²) in [6.07, 6.45) is 2.47. The first-order valence-corrected chi connectivity index (χ1v) is 6.36. The van der Waals surface area contributed by atoms with Crippen LogP contribution in [0.5, 0.6) is 5.75 Å². The minimum absolute atomic E-state index is 0.0276. The fraction of sp³-hybridized carbons (Fsp3) is 0.333. The van der Waals surface area contributed by atoms with Gasteiger partial charge in [-0.05, 0) is 32.4 Å². The van der Waals surface area contributed by atoms with Gasteiger partial charge >= 0.3 is 0 Å². The number of nitrogens with zero attached hydrogens (tertiary/aromatic N) is 1. The number of nitrogens with two attached hydrogens (primary N) is 1. The molecule has 0 aliphatic carbocycles. The van der Waals surface area contributed by atoms with E-state index in [0.717, 1.165) is 17.3 Å². The van der Waals surface area contributed by atoms with E-state index < -0.39 is 0 Å². The van der Waals surface area contributed by atoms with Gasteiger partial charge in [0.2, 0.25) is 0 Å². The number of hydrogen-bond acceptors (Lipinski definition) is 3. The smallest absolute Gasteiger partial charge is 0.141 e. The maximum absolute atomic E-state index is 7.67. The van der Waals surface area contributed by atoms with Gasteiger partial charge in [0.25, 0.3) is 0 Å². The zero-order valence-electron chi connectivity index (χ0n) is 11.5. The molecule has 3 N–H and O–H groups in total.